The summed E-state index contributed by atoms with van der Waals surface area (Å²) in [6.07, 6.45) is 2.55. The monoisotopic (exact) mass is 208 g/mol. The molecule has 0 aliphatic heterocycles. The summed E-state index contributed by atoms with van der Waals surface area (Å²) in [5.74, 6) is 0.928. The number of hydrogen-bond donors (Lipinski definition) is 1. The second kappa shape index (κ2) is 6.46. The number of hydrogen-bond acceptors (Lipinski definition) is 2. The second-order valence-corrected chi connectivity index (χ2v) is 3.88. The SMILES string of the molecule is CCCOc1ccc(CCC(C)O)cc1. The van der Waals surface area contributed by atoms with Crippen LogP contribution in [0.5, 0.6) is 5.75 Å². The van der Waals surface area contributed by atoms with Crippen molar-refractivity contribution in [2.24, 2.45) is 0 Å². The Kier molecular flexibility index (Phi) is 5.19. The van der Waals surface area contributed by atoms with Gasteiger partial charge < -0.3 is 9.84 Å². The van der Waals surface area contributed by atoms with E-state index in [1.54, 1.807) is 0 Å². The van der Waals surface area contributed by atoms with Crippen LogP contribution in [-0.4, -0.2) is 17.8 Å². The van der Waals surface area contributed by atoms with Crippen molar-refractivity contribution in [3.05, 3.63) is 29.8 Å². The molecule has 1 aromatic carbocycles. The molecule has 1 atom stereocenters. The van der Waals surface area contributed by atoms with Gasteiger partial charge in [0.25, 0.3) is 0 Å². The molecule has 0 heterocycles. The zero-order valence-electron chi connectivity index (χ0n) is 9.57. The largest absolute Gasteiger partial charge is 0.494 e. The molecule has 84 valence electrons. The third kappa shape index (κ3) is 4.84. The molecule has 0 aromatic heterocycles. The standard InChI is InChI=1S/C13H20O2/c1-3-10-15-13-8-6-12(7-9-13)5-4-11(2)14/h6-9,11,14H,3-5,10H2,1-2H3. The maximum absolute atomic E-state index is 9.16. The number of aliphatic hydroxyl groups excluding tert-OH is 1. The van der Waals surface area contributed by atoms with Gasteiger partial charge in [-0.3, -0.25) is 0 Å². The molecule has 0 saturated heterocycles. The molecule has 0 bridgehead atoms. The van der Waals surface area contributed by atoms with Crippen LogP contribution in [0.4, 0.5) is 0 Å². The highest BCUT2D eigenvalue weighted by Crippen LogP contribution is 2.14. The van der Waals surface area contributed by atoms with E-state index < -0.39 is 0 Å². The summed E-state index contributed by atoms with van der Waals surface area (Å²) in [5, 5.41) is 9.16. The lowest BCUT2D eigenvalue weighted by Gasteiger charge is -2.07. The smallest absolute Gasteiger partial charge is 0.119 e. The normalized spacial score (nSPS) is 12.5. The fourth-order valence-corrected chi connectivity index (χ4v) is 1.35. The minimum Gasteiger partial charge on any atom is -0.494 e. The van der Waals surface area contributed by atoms with Crippen LogP contribution in [0, 0.1) is 0 Å². The molecular weight excluding hydrogens is 188 g/mol. The molecule has 0 amide bonds. The summed E-state index contributed by atoms with van der Waals surface area (Å²) in [7, 11) is 0. The Balaban J connectivity index is 2.41. The van der Waals surface area contributed by atoms with Crippen molar-refractivity contribution in [3.8, 4) is 5.75 Å². The highest BCUT2D eigenvalue weighted by atomic mass is 16.5. The van der Waals surface area contributed by atoms with Crippen molar-refractivity contribution in [2.45, 2.75) is 39.2 Å². The number of ether oxygens (including phenoxy) is 1. The summed E-state index contributed by atoms with van der Waals surface area (Å²) < 4.78 is 5.49. The minimum atomic E-state index is -0.221. The number of aryl methyl sites for hydroxylation is 1. The van der Waals surface area contributed by atoms with Crippen LogP contribution >= 0.6 is 0 Å². The van der Waals surface area contributed by atoms with E-state index in [1.807, 2.05) is 19.1 Å². The maximum atomic E-state index is 9.16. The maximum Gasteiger partial charge on any atom is 0.119 e. The highest BCUT2D eigenvalue weighted by Gasteiger charge is 1.98. The zero-order valence-corrected chi connectivity index (χ0v) is 9.57. The number of aliphatic hydroxyl groups is 1. The Morgan fingerprint density at radius 2 is 1.93 bits per heavy atom. The zero-order chi connectivity index (χ0) is 11.1. The Hall–Kier alpha value is -1.02. The first kappa shape index (κ1) is 12.1. The van der Waals surface area contributed by atoms with Crippen molar-refractivity contribution in [1.29, 1.82) is 0 Å². The third-order valence-corrected chi connectivity index (χ3v) is 2.25. The fourth-order valence-electron chi connectivity index (χ4n) is 1.35. The molecule has 0 radical (unpaired) electrons. The molecule has 1 N–H and O–H groups in total. The molecule has 1 rings (SSSR count). The van der Waals surface area contributed by atoms with Gasteiger partial charge >= 0.3 is 0 Å². The molecule has 15 heavy (non-hydrogen) atoms. The van der Waals surface area contributed by atoms with Gasteiger partial charge in [-0.15, -0.1) is 0 Å². The molecule has 0 saturated carbocycles. The van der Waals surface area contributed by atoms with Gasteiger partial charge in [-0.25, -0.2) is 0 Å². The van der Waals surface area contributed by atoms with E-state index >= 15 is 0 Å². The predicted molar refractivity (Wildman–Crippen MR) is 62.2 cm³/mol. The third-order valence-electron chi connectivity index (χ3n) is 2.25. The average Bonchev–Trinajstić information content (AvgIpc) is 2.25. The van der Waals surface area contributed by atoms with Crippen LogP contribution in [0.1, 0.15) is 32.3 Å². The van der Waals surface area contributed by atoms with E-state index in [0.29, 0.717) is 0 Å². The van der Waals surface area contributed by atoms with Crippen LogP contribution in [0.2, 0.25) is 0 Å². The first-order valence-electron chi connectivity index (χ1n) is 5.62. The van der Waals surface area contributed by atoms with Crippen molar-refractivity contribution in [3.63, 3.8) is 0 Å². The summed E-state index contributed by atoms with van der Waals surface area (Å²) in [6.45, 7) is 4.68. The van der Waals surface area contributed by atoms with Crippen LogP contribution in [0.15, 0.2) is 24.3 Å². The quantitative estimate of drug-likeness (QED) is 0.779. The summed E-state index contributed by atoms with van der Waals surface area (Å²) in [4.78, 5) is 0. The van der Waals surface area contributed by atoms with Crippen molar-refractivity contribution >= 4 is 0 Å². The van der Waals surface area contributed by atoms with Gasteiger partial charge in [0, 0.05) is 0 Å². The minimum absolute atomic E-state index is 0.221. The van der Waals surface area contributed by atoms with Crippen LogP contribution in [0.25, 0.3) is 0 Å². The van der Waals surface area contributed by atoms with Crippen LogP contribution in [0.3, 0.4) is 0 Å². The van der Waals surface area contributed by atoms with E-state index in [1.165, 1.54) is 5.56 Å². The fraction of sp³-hybridized carbons (Fsp3) is 0.538. The lowest BCUT2D eigenvalue weighted by Crippen LogP contribution is -2.01. The molecule has 1 aromatic rings. The first-order chi connectivity index (χ1) is 7.22. The Labute approximate surface area is 91.9 Å². The molecule has 0 aliphatic rings. The van der Waals surface area contributed by atoms with Crippen molar-refractivity contribution in [1.82, 2.24) is 0 Å². The Morgan fingerprint density at radius 1 is 1.27 bits per heavy atom. The van der Waals surface area contributed by atoms with Gasteiger partial charge in [0.05, 0.1) is 12.7 Å². The van der Waals surface area contributed by atoms with Gasteiger partial charge in [0.2, 0.25) is 0 Å². The van der Waals surface area contributed by atoms with Gasteiger partial charge in [-0.1, -0.05) is 19.1 Å². The molecule has 2 heteroatoms. The van der Waals surface area contributed by atoms with E-state index in [0.717, 1.165) is 31.6 Å². The molecule has 0 spiro atoms. The van der Waals surface area contributed by atoms with Crippen molar-refractivity contribution in [2.75, 3.05) is 6.61 Å². The molecular formula is C13H20O2. The van der Waals surface area contributed by atoms with Gasteiger partial charge in [-0.2, -0.15) is 0 Å². The molecule has 1 unspecified atom stereocenters. The Bertz CT molecular complexity index is 264. The van der Waals surface area contributed by atoms with Gasteiger partial charge in [0.15, 0.2) is 0 Å². The van der Waals surface area contributed by atoms with Gasteiger partial charge in [-0.05, 0) is 43.9 Å². The topological polar surface area (TPSA) is 29.5 Å². The second-order valence-electron chi connectivity index (χ2n) is 3.88. The van der Waals surface area contributed by atoms with Crippen LogP contribution in [-0.2, 0) is 6.42 Å². The van der Waals surface area contributed by atoms with Gasteiger partial charge in [0.1, 0.15) is 5.75 Å². The lowest BCUT2D eigenvalue weighted by molar-refractivity contribution is 0.185. The summed E-state index contributed by atoms with van der Waals surface area (Å²) in [6, 6.07) is 8.11. The van der Waals surface area contributed by atoms with E-state index in [-0.39, 0.29) is 6.10 Å². The average molecular weight is 208 g/mol. The highest BCUT2D eigenvalue weighted by molar-refractivity contribution is 5.27. The van der Waals surface area contributed by atoms with Crippen molar-refractivity contribution < 1.29 is 9.84 Å². The molecule has 0 aliphatic carbocycles. The number of benzene rings is 1. The predicted octanol–water partition coefficient (Wildman–Crippen LogP) is 2.79. The number of rotatable bonds is 6. The first-order valence-corrected chi connectivity index (χ1v) is 5.62. The van der Waals surface area contributed by atoms with E-state index in [2.05, 4.69) is 19.1 Å². The molecule has 2 nitrogen and oxygen atoms in total. The molecule has 0 fully saturated rings. The Morgan fingerprint density at radius 3 is 2.47 bits per heavy atom. The van der Waals surface area contributed by atoms with E-state index in [4.69, 9.17) is 9.84 Å². The van der Waals surface area contributed by atoms with Crippen LogP contribution < -0.4 is 4.74 Å². The lowest BCUT2D eigenvalue weighted by atomic mass is 10.1. The summed E-state index contributed by atoms with van der Waals surface area (Å²) in [5.41, 5.74) is 1.25. The van der Waals surface area contributed by atoms with E-state index in [9.17, 15) is 0 Å². The summed E-state index contributed by atoms with van der Waals surface area (Å²) >= 11 is 0.